The van der Waals surface area contributed by atoms with E-state index in [1.807, 2.05) is 48.3 Å². The Hall–Kier alpha value is -2.13. The Morgan fingerprint density at radius 1 is 0.885 bits per heavy atom. The van der Waals surface area contributed by atoms with Crippen molar-refractivity contribution in [3.8, 4) is 0 Å². The molecule has 1 fully saturated rings. The number of carbonyl (C=O) groups excluding carboxylic acids is 1. The summed E-state index contributed by atoms with van der Waals surface area (Å²) in [4.78, 5) is 17.2. The van der Waals surface area contributed by atoms with Crippen LogP contribution in [0.25, 0.3) is 0 Å². The normalized spacial score (nSPS) is 15.4. The van der Waals surface area contributed by atoms with Crippen molar-refractivity contribution in [3.05, 3.63) is 71.8 Å². The van der Waals surface area contributed by atoms with E-state index in [9.17, 15) is 4.79 Å². The molecule has 0 spiro atoms. The van der Waals surface area contributed by atoms with Crippen LogP contribution >= 0.6 is 0 Å². The highest BCUT2D eigenvalue weighted by molar-refractivity contribution is 5.79. The molecule has 1 saturated carbocycles. The number of nitrogens with zero attached hydrogens (tertiary/aromatic N) is 2. The third-order valence-corrected chi connectivity index (χ3v) is 5.59. The Morgan fingerprint density at radius 3 is 1.88 bits per heavy atom. The van der Waals surface area contributed by atoms with Crippen LogP contribution in [0.5, 0.6) is 0 Å². The molecular formula is C23H30N2O. The zero-order valence-corrected chi connectivity index (χ0v) is 16.0. The number of carbonyl (C=O) groups is 1. The molecule has 2 aromatic rings. The van der Waals surface area contributed by atoms with Gasteiger partial charge in [-0.3, -0.25) is 9.69 Å². The molecule has 1 aliphatic rings. The molecule has 1 aliphatic carbocycles. The minimum absolute atomic E-state index is 0.0512. The number of benzene rings is 2. The number of hydrogen-bond acceptors (Lipinski definition) is 2. The van der Waals surface area contributed by atoms with Gasteiger partial charge in [-0.25, -0.2) is 0 Å². The van der Waals surface area contributed by atoms with Crippen molar-refractivity contribution in [1.29, 1.82) is 0 Å². The first-order valence-corrected chi connectivity index (χ1v) is 9.72. The van der Waals surface area contributed by atoms with E-state index in [4.69, 9.17) is 0 Å². The molecule has 2 aromatic carbocycles. The average molecular weight is 351 g/mol. The summed E-state index contributed by atoms with van der Waals surface area (Å²) < 4.78 is 0. The fraction of sp³-hybridized carbons (Fsp3) is 0.435. The maximum atomic E-state index is 13.1. The molecule has 3 heteroatoms. The predicted octanol–water partition coefficient (Wildman–Crippen LogP) is 4.50. The van der Waals surface area contributed by atoms with E-state index in [0.29, 0.717) is 12.6 Å². The molecule has 0 N–H and O–H groups in total. The van der Waals surface area contributed by atoms with E-state index in [0.717, 1.165) is 11.1 Å². The fourth-order valence-corrected chi connectivity index (χ4v) is 4.03. The summed E-state index contributed by atoms with van der Waals surface area (Å²) in [5.41, 5.74) is 2.30. The molecule has 0 aliphatic heterocycles. The van der Waals surface area contributed by atoms with E-state index < -0.39 is 0 Å². The predicted molar refractivity (Wildman–Crippen MR) is 107 cm³/mol. The summed E-state index contributed by atoms with van der Waals surface area (Å²) in [5.74, 6) is 0.177. The second kappa shape index (κ2) is 9.00. The van der Waals surface area contributed by atoms with Crippen molar-refractivity contribution in [2.24, 2.45) is 0 Å². The Labute approximate surface area is 157 Å². The van der Waals surface area contributed by atoms with Gasteiger partial charge in [0.2, 0.25) is 5.91 Å². The van der Waals surface area contributed by atoms with E-state index in [2.05, 4.69) is 36.2 Å². The molecule has 0 atom stereocenters. The van der Waals surface area contributed by atoms with Gasteiger partial charge in [-0.15, -0.1) is 0 Å². The molecule has 0 bridgehead atoms. The van der Waals surface area contributed by atoms with Gasteiger partial charge in [-0.1, -0.05) is 79.9 Å². The molecular weight excluding hydrogens is 320 g/mol. The van der Waals surface area contributed by atoms with Gasteiger partial charge in [0.25, 0.3) is 0 Å². The van der Waals surface area contributed by atoms with E-state index >= 15 is 0 Å². The number of likely N-dealkylation sites (N-methyl/N-ethyl adjacent to an activating group) is 2. The maximum absolute atomic E-state index is 13.1. The Kier molecular flexibility index (Phi) is 6.45. The zero-order chi connectivity index (χ0) is 18.4. The quantitative estimate of drug-likeness (QED) is 0.766. The first-order chi connectivity index (χ1) is 12.7. The number of rotatable bonds is 6. The van der Waals surface area contributed by atoms with Crippen molar-refractivity contribution in [1.82, 2.24) is 9.80 Å². The van der Waals surface area contributed by atoms with Crippen LogP contribution in [0.2, 0.25) is 0 Å². The highest BCUT2D eigenvalue weighted by Crippen LogP contribution is 2.28. The first kappa shape index (κ1) is 18.7. The average Bonchev–Trinajstić information content (AvgIpc) is 2.70. The van der Waals surface area contributed by atoms with E-state index in [1.54, 1.807) is 0 Å². The molecule has 3 rings (SSSR count). The van der Waals surface area contributed by atoms with Crippen LogP contribution < -0.4 is 0 Å². The third-order valence-electron chi connectivity index (χ3n) is 5.59. The van der Waals surface area contributed by atoms with Gasteiger partial charge >= 0.3 is 0 Å². The molecule has 1 amide bonds. The van der Waals surface area contributed by atoms with Gasteiger partial charge in [0.1, 0.15) is 0 Å². The Bertz CT molecular complexity index is 640. The summed E-state index contributed by atoms with van der Waals surface area (Å²) in [6.07, 6.45) is 6.34. The van der Waals surface area contributed by atoms with Crippen LogP contribution in [0.3, 0.4) is 0 Å². The fourth-order valence-electron chi connectivity index (χ4n) is 4.03. The summed E-state index contributed by atoms with van der Waals surface area (Å²) in [6.45, 7) is 0.483. The van der Waals surface area contributed by atoms with Gasteiger partial charge in [-0.2, -0.15) is 0 Å². The van der Waals surface area contributed by atoms with Crippen molar-refractivity contribution < 1.29 is 4.79 Å². The summed E-state index contributed by atoms with van der Waals surface area (Å²) in [6, 6.07) is 21.1. The molecule has 0 unspecified atom stereocenters. The monoisotopic (exact) mass is 350 g/mol. The highest BCUT2D eigenvalue weighted by atomic mass is 16.2. The highest BCUT2D eigenvalue weighted by Gasteiger charge is 2.26. The number of hydrogen-bond donors (Lipinski definition) is 0. The lowest BCUT2D eigenvalue weighted by atomic mass is 9.94. The van der Waals surface area contributed by atoms with Crippen molar-refractivity contribution in [2.75, 3.05) is 20.6 Å². The van der Waals surface area contributed by atoms with Crippen LogP contribution in [0.15, 0.2) is 60.7 Å². The van der Waals surface area contributed by atoms with Crippen LogP contribution in [-0.4, -0.2) is 42.4 Å². The topological polar surface area (TPSA) is 23.6 Å². The van der Waals surface area contributed by atoms with Crippen molar-refractivity contribution >= 4 is 5.91 Å². The van der Waals surface area contributed by atoms with E-state index in [-0.39, 0.29) is 11.9 Å². The van der Waals surface area contributed by atoms with Crippen molar-refractivity contribution in [3.63, 3.8) is 0 Å². The van der Waals surface area contributed by atoms with Gasteiger partial charge < -0.3 is 4.90 Å². The minimum atomic E-state index is -0.0512. The maximum Gasteiger partial charge on any atom is 0.237 e. The SMILES string of the molecule is CN(CC(=O)N(C)C(c1ccccc1)c1ccccc1)C1CCCCC1. The smallest absolute Gasteiger partial charge is 0.237 e. The van der Waals surface area contributed by atoms with Gasteiger partial charge in [-0.05, 0) is 31.0 Å². The molecule has 0 radical (unpaired) electrons. The van der Waals surface area contributed by atoms with Crippen LogP contribution in [-0.2, 0) is 4.79 Å². The van der Waals surface area contributed by atoms with Gasteiger partial charge in [0.15, 0.2) is 0 Å². The Morgan fingerprint density at radius 2 is 1.38 bits per heavy atom. The number of amides is 1. The molecule has 3 nitrogen and oxygen atoms in total. The lowest BCUT2D eigenvalue weighted by molar-refractivity contribution is -0.133. The molecule has 0 heterocycles. The molecule has 138 valence electrons. The Balaban J connectivity index is 1.76. The first-order valence-electron chi connectivity index (χ1n) is 9.72. The lowest BCUT2D eigenvalue weighted by Gasteiger charge is -2.34. The molecule has 0 aromatic heterocycles. The van der Waals surface area contributed by atoms with Gasteiger partial charge in [0, 0.05) is 13.1 Å². The van der Waals surface area contributed by atoms with E-state index in [1.165, 1.54) is 32.1 Å². The van der Waals surface area contributed by atoms with Crippen LogP contribution in [0.1, 0.15) is 49.3 Å². The summed E-state index contributed by atoms with van der Waals surface area (Å²) in [7, 11) is 4.03. The largest absolute Gasteiger partial charge is 0.334 e. The van der Waals surface area contributed by atoms with Crippen molar-refractivity contribution in [2.45, 2.75) is 44.2 Å². The minimum Gasteiger partial charge on any atom is -0.334 e. The summed E-state index contributed by atoms with van der Waals surface area (Å²) in [5, 5.41) is 0. The third kappa shape index (κ3) is 4.53. The van der Waals surface area contributed by atoms with Crippen LogP contribution in [0, 0.1) is 0 Å². The lowest BCUT2D eigenvalue weighted by Crippen LogP contribution is -2.43. The second-order valence-corrected chi connectivity index (χ2v) is 7.44. The molecule has 26 heavy (non-hydrogen) atoms. The second-order valence-electron chi connectivity index (χ2n) is 7.44. The van der Waals surface area contributed by atoms with Gasteiger partial charge in [0.05, 0.1) is 12.6 Å². The molecule has 0 saturated heterocycles. The summed E-state index contributed by atoms with van der Waals surface area (Å²) >= 11 is 0. The standard InChI is InChI=1S/C23H30N2O/c1-24(21-16-10-5-11-17-21)18-22(26)25(2)23(19-12-6-3-7-13-19)20-14-8-4-9-15-20/h3-4,6-9,12-15,21,23H,5,10-11,16-18H2,1-2H3. The van der Waals surface area contributed by atoms with Crippen LogP contribution in [0.4, 0.5) is 0 Å². The zero-order valence-electron chi connectivity index (χ0n) is 16.0.